The van der Waals surface area contributed by atoms with Crippen LogP contribution in [-0.2, 0) is 6.42 Å². The van der Waals surface area contributed by atoms with Crippen molar-refractivity contribution in [2.75, 3.05) is 29.5 Å². The fourth-order valence-corrected chi connectivity index (χ4v) is 3.20. The smallest absolute Gasteiger partial charge is 0.146 e. The quantitative estimate of drug-likeness (QED) is 0.897. The maximum atomic E-state index is 14.0. The van der Waals surface area contributed by atoms with Gasteiger partial charge in [-0.05, 0) is 37.6 Å². The summed E-state index contributed by atoms with van der Waals surface area (Å²) < 4.78 is 14.0. The molecule has 0 bridgehead atoms. The Balaban J connectivity index is 2.20. The monoisotopic (exact) mass is 254 g/mol. The van der Waals surface area contributed by atoms with Crippen LogP contribution in [0.1, 0.15) is 12.5 Å². The van der Waals surface area contributed by atoms with E-state index in [1.165, 1.54) is 0 Å². The molecule has 0 spiro atoms. The van der Waals surface area contributed by atoms with Gasteiger partial charge in [0.25, 0.3) is 0 Å². The van der Waals surface area contributed by atoms with E-state index in [-0.39, 0.29) is 5.82 Å². The number of nitrogens with two attached hydrogens (primary N) is 1. The van der Waals surface area contributed by atoms with Gasteiger partial charge >= 0.3 is 0 Å². The summed E-state index contributed by atoms with van der Waals surface area (Å²) in [7, 11) is 0. The van der Waals surface area contributed by atoms with Crippen LogP contribution in [0.4, 0.5) is 10.1 Å². The van der Waals surface area contributed by atoms with Crippen molar-refractivity contribution in [2.45, 2.75) is 19.4 Å². The number of hydrogen-bond donors (Lipinski definition) is 1. The van der Waals surface area contributed by atoms with Crippen molar-refractivity contribution in [3.8, 4) is 0 Å². The second kappa shape index (κ2) is 5.74. The molecule has 4 heteroatoms. The van der Waals surface area contributed by atoms with Gasteiger partial charge in [0.1, 0.15) is 5.82 Å². The SMILES string of the molecule is CC1CSCCN1c1ccc(CCN)cc1F. The van der Waals surface area contributed by atoms with Crippen LogP contribution in [0.25, 0.3) is 0 Å². The van der Waals surface area contributed by atoms with Gasteiger partial charge in [-0.15, -0.1) is 0 Å². The van der Waals surface area contributed by atoms with Crippen LogP contribution in [0, 0.1) is 5.82 Å². The van der Waals surface area contributed by atoms with E-state index in [2.05, 4.69) is 11.8 Å². The molecule has 0 radical (unpaired) electrons. The van der Waals surface area contributed by atoms with Crippen LogP contribution < -0.4 is 10.6 Å². The third kappa shape index (κ3) is 2.93. The average molecular weight is 254 g/mol. The Morgan fingerprint density at radius 1 is 1.53 bits per heavy atom. The van der Waals surface area contributed by atoms with Crippen molar-refractivity contribution in [1.82, 2.24) is 0 Å². The molecule has 1 aliphatic rings. The first-order valence-electron chi connectivity index (χ1n) is 6.05. The molecular weight excluding hydrogens is 235 g/mol. The minimum absolute atomic E-state index is 0.116. The maximum Gasteiger partial charge on any atom is 0.146 e. The van der Waals surface area contributed by atoms with Crippen molar-refractivity contribution >= 4 is 17.4 Å². The molecule has 2 nitrogen and oxygen atoms in total. The number of thioether (sulfide) groups is 1. The van der Waals surface area contributed by atoms with E-state index in [4.69, 9.17) is 5.73 Å². The van der Waals surface area contributed by atoms with Crippen molar-refractivity contribution in [3.05, 3.63) is 29.6 Å². The van der Waals surface area contributed by atoms with E-state index in [0.29, 0.717) is 12.6 Å². The molecule has 94 valence electrons. The first-order valence-corrected chi connectivity index (χ1v) is 7.20. The van der Waals surface area contributed by atoms with E-state index in [1.807, 2.05) is 23.9 Å². The van der Waals surface area contributed by atoms with Gasteiger partial charge < -0.3 is 10.6 Å². The molecule has 0 saturated carbocycles. The fraction of sp³-hybridized carbons (Fsp3) is 0.538. The summed E-state index contributed by atoms with van der Waals surface area (Å²) in [6, 6.07) is 5.91. The summed E-state index contributed by atoms with van der Waals surface area (Å²) in [5.41, 5.74) is 7.19. The lowest BCUT2D eigenvalue weighted by Crippen LogP contribution is -2.40. The van der Waals surface area contributed by atoms with Crippen LogP contribution in [-0.4, -0.2) is 30.6 Å². The first-order chi connectivity index (χ1) is 8.22. The van der Waals surface area contributed by atoms with E-state index in [9.17, 15) is 4.39 Å². The highest BCUT2D eigenvalue weighted by Gasteiger charge is 2.21. The Bertz CT molecular complexity index is 384. The van der Waals surface area contributed by atoms with Crippen LogP contribution in [0.2, 0.25) is 0 Å². The molecule has 17 heavy (non-hydrogen) atoms. The molecule has 1 atom stereocenters. The Labute approximate surface area is 106 Å². The van der Waals surface area contributed by atoms with Crippen molar-refractivity contribution in [1.29, 1.82) is 0 Å². The highest BCUT2D eigenvalue weighted by Crippen LogP contribution is 2.27. The summed E-state index contributed by atoms with van der Waals surface area (Å²) in [4.78, 5) is 2.16. The zero-order chi connectivity index (χ0) is 12.3. The van der Waals surface area contributed by atoms with E-state index in [0.717, 1.165) is 35.7 Å². The minimum Gasteiger partial charge on any atom is -0.365 e. The van der Waals surface area contributed by atoms with Gasteiger partial charge in [0, 0.05) is 24.1 Å². The third-order valence-electron chi connectivity index (χ3n) is 3.12. The summed E-state index contributed by atoms with van der Waals surface area (Å²) >= 11 is 1.94. The molecule has 1 saturated heterocycles. The van der Waals surface area contributed by atoms with Gasteiger partial charge in [-0.1, -0.05) is 6.07 Å². The molecule has 1 aromatic carbocycles. The van der Waals surface area contributed by atoms with Gasteiger partial charge in [0.05, 0.1) is 5.69 Å². The summed E-state index contributed by atoms with van der Waals surface area (Å²) in [5, 5.41) is 0. The maximum absolute atomic E-state index is 14.0. The topological polar surface area (TPSA) is 29.3 Å². The van der Waals surface area contributed by atoms with Crippen LogP contribution >= 0.6 is 11.8 Å². The zero-order valence-corrected chi connectivity index (χ0v) is 11.0. The molecule has 2 N–H and O–H groups in total. The number of anilines is 1. The largest absolute Gasteiger partial charge is 0.365 e. The van der Waals surface area contributed by atoms with Gasteiger partial charge in [-0.25, -0.2) is 4.39 Å². The van der Waals surface area contributed by atoms with Crippen molar-refractivity contribution in [2.24, 2.45) is 5.73 Å². The normalized spacial score (nSPS) is 20.6. The average Bonchev–Trinajstić information content (AvgIpc) is 2.31. The lowest BCUT2D eigenvalue weighted by atomic mass is 10.1. The van der Waals surface area contributed by atoms with Gasteiger partial charge in [0.2, 0.25) is 0 Å². The molecule has 2 rings (SSSR count). The molecule has 1 heterocycles. The van der Waals surface area contributed by atoms with Crippen molar-refractivity contribution < 1.29 is 4.39 Å². The van der Waals surface area contributed by atoms with Crippen LogP contribution in [0.3, 0.4) is 0 Å². The summed E-state index contributed by atoms with van der Waals surface area (Å²) in [6.45, 7) is 3.65. The molecule has 0 aliphatic carbocycles. The van der Waals surface area contributed by atoms with Gasteiger partial charge in [-0.2, -0.15) is 11.8 Å². The number of benzene rings is 1. The van der Waals surface area contributed by atoms with E-state index in [1.54, 1.807) is 6.07 Å². The lowest BCUT2D eigenvalue weighted by Gasteiger charge is -2.35. The zero-order valence-electron chi connectivity index (χ0n) is 10.2. The Morgan fingerprint density at radius 3 is 3.00 bits per heavy atom. The third-order valence-corrected chi connectivity index (χ3v) is 4.31. The number of rotatable bonds is 3. The number of halogens is 1. The second-order valence-corrected chi connectivity index (χ2v) is 5.59. The van der Waals surface area contributed by atoms with E-state index < -0.39 is 0 Å². The molecule has 1 unspecified atom stereocenters. The van der Waals surface area contributed by atoms with Crippen LogP contribution in [0.15, 0.2) is 18.2 Å². The molecule has 0 amide bonds. The molecular formula is C13H19FN2S. The van der Waals surface area contributed by atoms with Crippen molar-refractivity contribution in [3.63, 3.8) is 0 Å². The Hall–Kier alpha value is -0.740. The summed E-state index contributed by atoms with van der Waals surface area (Å²) in [5.74, 6) is 2.04. The molecule has 1 fully saturated rings. The number of hydrogen-bond acceptors (Lipinski definition) is 3. The standard InChI is InChI=1S/C13H19FN2S/c1-10-9-17-7-6-16(10)13-3-2-11(4-5-15)8-12(13)14/h2-3,8,10H,4-7,9,15H2,1H3. The second-order valence-electron chi connectivity index (χ2n) is 4.44. The van der Waals surface area contributed by atoms with E-state index >= 15 is 0 Å². The Morgan fingerprint density at radius 2 is 2.35 bits per heavy atom. The predicted octanol–water partition coefficient (Wildman–Crippen LogP) is 2.27. The number of nitrogens with zero attached hydrogens (tertiary/aromatic N) is 1. The Kier molecular flexibility index (Phi) is 4.29. The summed E-state index contributed by atoms with van der Waals surface area (Å²) in [6.07, 6.45) is 0.739. The highest BCUT2D eigenvalue weighted by molar-refractivity contribution is 7.99. The lowest BCUT2D eigenvalue weighted by molar-refractivity contribution is 0.602. The van der Waals surface area contributed by atoms with Gasteiger partial charge in [-0.3, -0.25) is 0 Å². The van der Waals surface area contributed by atoms with Gasteiger partial charge in [0.15, 0.2) is 0 Å². The predicted molar refractivity (Wildman–Crippen MR) is 73.3 cm³/mol. The highest BCUT2D eigenvalue weighted by atomic mass is 32.2. The first kappa shape index (κ1) is 12.7. The minimum atomic E-state index is -0.116. The fourth-order valence-electron chi connectivity index (χ4n) is 2.19. The van der Waals surface area contributed by atoms with Crippen LogP contribution in [0.5, 0.6) is 0 Å². The molecule has 0 aromatic heterocycles. The molecule has 1 aromatic rings. The molecule has 1 aliphatic heterocycles.